The van der Waals surface area contributed by atoms with E-state index in [1.165, 1.54) is 19.3 Å². The maximum atomic E-state index is 13.0. The van der Waals surface area contributed by atoms with Crippen LogP contribution in [0, 0.1) is 0 Å². The molecule has 1 aromatic heterocycles. The molecule has 2 aliphatic rings. The Morgan fingerprint density at radius 2 is 1.97 bits per heavy atom. The lowest BCUT2D eigenvalue weighted by atomic mass is 10.0. The van der Waals surface area contributed by atoms with Gasteiger partial charge in [0.25, 0.3) is 11.8 Å². The Morgan fingerprint density at radius 3 is 2.72 bits per heavy atom. The number of halogens is 2. The number of fused-ring (bicyclic) bond motifs is 1. The Balaban J connectivity index is 1.33. The second-order valence-corrected chi connectivity index (χ2v) is 9.37. The summed E-state index contributed by atoms with van der Waals surface area (Å²) in [7, 11) is 0. The van der Waals surface area contributed by atoms with Crippen LogP contribution in [0.5, 0.6) is 0 Å². The Hall–Kier alpha value is -2.09. The van der Waals surface area contributed by atoms with E-state index < -0.39 is 0 Å². The molecule has 2 aromatic rings. The van der Waals surface area contributed by atoms with Gasteiger partial charge in [-0.1, -0.05) is 35.7 Å². The van der Waals surface area contributed by atoms with Gasteiger partial charge in [-0.2, -0.15) is 5.10 Å². The largest absolute Gasteiger partial charge is 0.351 e. The third-order valence-electron chi connectivity index (χ3n) is 6.36. The SMILES string of the molecule is C[C@H]1CCCCN1CCCNC(=O)c1cc2n(n1)CCN(Cc1c(Cl)cccc1Cl)C2=O. The molecule has 32 heavy (non-hydrogen) atoms. The topological polar surface area (TPSA) is 70.5 Å². The molecule has 4 rings (SSSR count). The number of piperidine rings is 1. The molecule has 1 atom stereocenters. The monoisotopic (exact) mass is 477 g/mol. The molecule has 0 bridgehead atoms. The zero-order valence-corrected chi connectivity index (χ0v) is 19.8. The summed E-state index contributed by atoms with van der Waals surface area (Å²) in [6.45, 7) is 6.30. The van der Waals surface area contributed by atoms with Crippen LogP contribution in [0.1, 0.15) is 59.1 Å². The van der Waals surface area contributed by atoms with Gasteiger partial charge in [-0.25, -0.2) is 0 Å². The Bertz CT molecular complexity index is 973. The molecular weight excluding hydrogens is 449 g/mol. The molecular formula is C23H29Cl2N5O2. The van der Waals surface area contributed by atoms with Crippen LogP contribution in [0.3, 0.4) is 0 Å². The average Bonchev–Trinajstić information content (AvgIpc) is 3.22. The van der Waals surface area contributed by atoms with E-state index >= 15 is 0 Å². The molecule has 172 valence electrons. The van der Waals surface area contributed by atoms with E-state index in [0.29, 0.717) is 48.0 Å². The first-order chi connectivity index (χ1) is 15.4. The number of nitrogens with zero attached hydrogens (tertiary/aromatic N) is 4. The average molecular weight is 478 g/mol. The first kappa shape index (κ1) is 23.1. The summed E-state index contributed by atoms with van der Waals surface area (Å²) < 4.78 is 1.61. The molecule has 0 unspecified atom stereocenters. The van der Waals surface area contributed by atoms with Gasteiger partial charge in [0.05, 0.1) is 6.54 Å². The summed E-state index contributed by atoms with van der Waals surface area (Å²) in [6.07, 6.45) is 4.71. The van der Waals surface area contributed by atoms with Crippen molar-refractivity contribution < 1.29 is 9.59 Å². The number of carbonyl (C=O) groups excluding carboxylic acids is 2. The van der Waals surface area contributed by atoms with Crippen LogP contribution in [-0.4, -0.2) is 63.6 Å². The van der Waals surface area contributed by atoms with Gasteiger partial charge in [-0.3, -0.25) is 14.3 Å². The zero-order valence-electron chi connectivity index (χ0n) is 18.3. The van der Waals surface area contributed by atoms with E-state index in [4.69, 9.17) is 23.2 Å². The van der Waals surface area contributed by atoms with Crippen LogP contribution < -0.4 is 5.32 Å². The highest BCUT2D eigenvalue weighted by Crippen LogP contribution is 2.27. The third-order valence-corrected chi connectivity index (χ3v) is 7.07. The fourth-order valence-corrected chi connectivity index (χ4v) is 4.96. The quantitative estimate of drug-likeness (QED) is 0.614. The summed E-state index contributed by atoms with van der Waals surface area (Å²) in [5.74, 6) is -0.426. The molecule has 2 amide bonds. The molecule has 0 spiro atoms. The lowest BCUT2D eigenvalue weighted by Crippen LogP contribution is -2.40. The highest BCUT2D eigenvalue weighted by Gasteiger charge is 2.28. The fourth-order valence-electron chi connectivity index (χ4n) is 4.44. The second kappa shape index (κ2) is 10.2. The van der Waals surface area contributed by atoms with Gasteiger partial charge in [0.2, 0.25) is 0 Å². The zero-order chi connectivity index (χ0) is 22.7. The molecule has 1 N–H and O–H groups in total. The molecule has 3 heterocycles. The minimum atomic E-state index is -0.243. The summed E-state index contributed by atoms with van der Waals surface area (Å²) >= 11 is 12.5. The normalized spacial score (nSPS) is 19.2. The number of nitrogens with one attached hydrogen (secondary N) is 1. The van der Waals surface area contributed by atoms with Crippen molar-refractivity contribution in [1.82, 2.24) is 24.9 Å². The van der Waals surface area contributed by atoms with Crippen LogP contribution in [0.2, 0.25) is 10.0 Å². The standard InChI is InChI=1S/C23H29Cl2N5O2/c1-16-6-2-3-10-28(16)11-5-9-26-22(31)20-14-21-23(32)29(12-13-30(21)27-20)15-17-18(24)7-4-8-19(17)25/h4,7-8,14,16H,2-3,5-6,9-13,15H2,1H3,(H,26,31)/t16-/m0/s1. The first-order valence-corrected chi connectivity index (χ1v) is 12.0. The number of rotatable bonds is 7. The van der Waals surface area contributed by atoms with Crippen molar-refractivity contribution in [3.05, 3.63) is 51.3 Å². The van der Waals surface area contributed by atoms with Gasteiger partial charge >= 0.3 is 0 Å². The first-order valence-electron chi connectivity index (χ1n) is 11.3. The van der Waals surface area contributed by atoms with Crippen LogP contribution in [0.15, 0.2) is 24.3 Å². The Kier molecular flexibility index (Phi) is 7.38. The van der Waals surface area contributed by atoms with E-state index in [-0.39, 0.29) is 17.5 Å². The van der Waals surface area contributed by atoms with E-state index in [0.717, 1.165) is 25.1 Å². The van der Waals surface area contributed by atoms with Crippen molar-refractivity contribution in [2.45, 2.75) is 51.7 Å². The number of carbonyl (C=O) groups is 2. The lowest BCUT2D eigenvalue weighted by molar-refractivity contribution is 0.0683. The molecule has 1 aromatic carbocycles. The molecule has 0 aliphatic carbocycles. The van der Waals surface area contributed by atoms with Gasteiger partial charge in [0.15, 0.2) is 5.69 Å². The van der Waals surface area contributed by atoms with Crippen molar-refractivity contribution in [1.29, 1.82) is 0 Å². The van der Waals surface area contributed by atoms with Gasteiger partial charge in [-0.05, 0) is 44.9 Å². The van der Waals surface area contributed by atoms with Crippen LogP contribution in [0.25, 0.3) is 0 Å². The van der Waals surface area contributed by atoms with Crippen molar-refractivity contribution >= 4 is 35.0 Å². The van der Waals surface area contributed by atoms with Crippen molar-refractivity contribution in [3.8, 4) is 0 Å². The van der Waals surface area contributed by atoms with E-state index in [1.54, 1.807) is 33.8 Å². The smallest absolute Gasteiger partial charge is 0.272 e. The molecule has 1 saturated heterocycles. The second-order valence-electron chi connectivity index (χ2n) is 8.56. The van der Waals surface area contributed by atoms with Gasteiger partial charge in [0, 0.05) is 53.9 Å². The van der Waals surface area contributed by atoms with Crippen molar-refractivity contribution in [2.24, 2.45) is 0 Å². The maximum absolute atomic E-state index is 13.0. The summed E-state index contributed by atoms with van der Waals surface area (Å²) in [5.41, 5.74) is 1.40. The van der Waals surface area contributed by atoms with Crippen LogP contribution in [0.4, 0.5) is 0 Å². The summed E-state index contributed by atoms with van der Waals surface area (Å²) in [4.78, 5) is 29.7. The van der Waals surface area contributed by atoms with E-state index in [2.05, 4.69) is 22.2 Å². The molecule has 1 fully saturated rings. The summed E-state index contributed by atoms with van der Waals surface area (Å²) in [5, 5.41) is 8.36. The maximum Gasteiger partial charge on any atom is 0.272 e. The fraction of sp³-hybridized carbons (Fsp3) is 0.522. The highest BCUT2D eigenvalue weighted by atomic mass is 35.5. The number of hydrogen-bond acceptors (Lipinski definition) is 4. The van der Waals surface area contributed by atoms with Gasteiger partial charge in [0.1, 0.15) is 5.69 Å². The van der Waals surface area contributed by atoms with Crippen molar-refractivity contribution in [2.75, 3.05) is 26.2 Å². The number of hydrogen-bond donors (Lipinski definition) is 1. The van der Waals surface area contributed by atoms with Crippen LogP contribution in [-0.2, 0) is 13.1 Å². The number of likely N-dealkylation sites (tertiary alicyclic amines) is 1. The predicted molar refractivity (Wildman–Crippen MR) is 125 cm³/mol. The predicted octanol–water partition coefficient (Wildman–Crippen LogP) is 3.84. The number of amides is 2. The Morgan fingerprint density at radius 1 is 1.19 bits per heavy atom. The van der Waals surface area contributed by atoms with E-state index in [9.17, 15) is 9.59 Å². The minimum absolute atomic E-state index is 0.183. The molecule has 9 heteroatoms. The van der Waals surface area contributed by atoms with Crippen LogP contribution >= 0.6 is 23.2 Å². The highest BCUT2D eigenvalue weighted by molar-refractivity contribution is 6.36. The molecule has 0 radical (unpaired) electrons. The summed E-state index contributed by atoms with van der Waals surface area (Å²) in [6, 6.07) is 7.49. The van der Waals surface area contributed by atoms with Gasteiger partial charge in [-0.15, -0.1) is 0 Å². The van der Waals surface area contributed by atoms with E-state index in [1.807, 2.05) is 0 Å². The Labute approximate surface area is 198 Å². The molecule has 2 aliphatic heterocycles. The molecule has 0 saturated carbocycles. The molecule has 7 nitrogen and oxygen atoms in total. The third kappa shape index (κ3) is 5.11. The lowest BCUT2D eigenvalue weighted by Gasteiger charge is -2.33. The number of aromatic nitrogens is 2. The number of benzene rings is 1. The van der Waals surface area contributed by atoms with Gasteiger partial charge < -0.3 is 15.1 Å². The van der Waals surface area contributed by atoms with Crippen molar-refractivity contribution in [3.63, 3.8) is 0 Å². The minimum Gasteiger partial charge on any atom is -0.351 e.